The lowest BCUT2D eigenvalue weighted by Crippen LogP contribution is -2.32. The second-order valence-electron chi connectivity index (χ2n) is 8.17. The van der Waals surface area contributed by atoms with Crippen molar-refractivity contribution < 1.29 is 4.79 Å². The van der Waals surface area contributed by atoms with Gasteiger partial charge in [-0.1, -0.05) is 32.4 Å². The second-order valence-corrected chi connectivity index (χ2v) is 9.04. The molecule has 2 aliphatic rings. The first-order valence-corrected chi connectivity index (χ1v) is 12.1. The van der Waals surface area contributed by atoms with Gasteiger partial charge in [-0.2, -0.15) is 5.10 Å². The van der Waals surface area contributed by atoms with Crippen molar-refractivity contribution in [1.82, 2.24) is 10.1 Å². The van der Waals surface area contributed by atoms with Crippen molar-refractivity contribution in [2.24, 2.45) is 22.7 Å². The van der Waals surface area contributed by atoms with Crippen LogP contribution < -0.4 is 27.2 Å². The molecule has 3 rings (SSSR count). The second kappa shape index (κ2) is 13.1. The summed E-state index contributed by atoms with van der Waals surface area (Å²) in [5, 5.41) is 13.8. The molecule has 1 atom stereocenters. The molecule has 0 radical (unpaired) electrons. The summed E-state index contributed by atoms with van der Waals surface area (Å²) in [6.45, 7) is 6.10. The molecule has 1 aromatic rings. The van der Waals surface area contributed by atoms with E-state index in [-0.39, 0.29) is 6.03 Å². The van der Waals surface area contributed by atoms with E-state index in [4.69, 9.17) is 17.1 Å². The van der Waals surface area contributed by atoms with Crippen molar-refractivity contribution in [1.29, 1.82) is 5.41 Å². The van der Waals surface area contributed by atoms with Crippen LogP contribution in [0.1, 0.15) is 68.7 Å². The lowest BCUT2D eigenvalue weighted by molar-refractivity contribution is 0.257. The highest BCUT2D eigenvalue weighted by atomic mass is 32.2. The van der Waals surface area contributed by atoms with E-state index in [1.807, 2.05) is 6.92 Å². The lowest BCUT2D eigenvalue weighted by Gasteiger charge is -2.16. The van der Waals surface area contributed by atoms with Crippen molar-refractivity contribution in [2.45, 2.75) is 72.1 Å². The molecule has 32 heavy (non-hydrogen) atoms. The number of hydrogen-bond acceptors (Lipinski definition) is 6. The van der Waals surface area contributed by atoms with Crippen LogP contribution in [0.5, 0.6) is 0 Å². The number of allylic oxidation sites excluding steroid dienone is 2. The van der Waals surface area contributed by atoms with Crippen molar-refractivity contribution >= 4 is 35.7 Å². The average Bonchev–Trinajstić information content (AvgIpc) is 3.47. The zero-order chi connectivity index (χ0) is 23.5. The van der Waals surface area contributed by atoms with Crippen LogP contribution in [0.2, 0.25) is 0 Å². The topological polar surface area (TPSA) is 141 Å². The van der Waals surface area contributed by atoms with Gasteiger partial charge < -0.3 is 22.0 Å². The summed E-state index contributed by atoms with van der Waals surface area (Å²) in [5.74, 6) is 11.4. The first-order chi connectivity index (χ1) is 15.5. The van der Waals surface area contributed by atoms with Gasteiger partial charge in [0, 0.05) is 23.2 Å². The molecule has 0 fully saturated rings. The maximum absolute atomic E-state index is 12.2. The molecule has 0 aromatic heterocycles. The molecule has 0 heterocycles. The summed E-state index contributed by atoms with van der Waals surface area (Å²) >= 11 is 1.17. The largest absolute Gasteiger partial charge is 0.329 e. The number of anilines is 1. The van der Waals surface area contributed by atoms with Gasteiger partial charge in [0.25, 0.3) is 0 Å². The highest BCUT2D eigenvalue weighted by Gasteiger charge is 2.24. The summed E-state index contributed by atoms with van der Waals surface area (Å²) in [6, 6.07) is 2.15. The van der Waals surface area contributed by atoms with E-state index in [1.54, 1.807) is 6.08 Å². The molecule has 0 bridgehead atoms. The fourth-order valence-electron chi connectivity index (χ4n) is 4.01. The standard InChI is InChI=1S/C17H21N3OS.C6H16N4/c1-2-13(10-18)22-20-17(21)19-16-14-7-3-5-11(14)9-12-6-4-8-15(12)16;1-3-5(2)4-6(9-7)10-8/h2,9-10,18H,3-8H2,1H3,(H2,19,20,21);5H,3-4,7-8H2,1-2H3,(H,9,10)/b13-2+,18-10?;/t;5-/m.1/s1. The highest BCUT2D eigenvalue weighted by Crippen LogP contribution is 2.38. The van der Waals surface area contributed by atoms with Gasteiger partial charge in [0.05, 0.1) is 0 Å². The Morgan fingerprint density at radius 3 is 2.34 bits per heavy atom. The fraction of sp³-hybridized carbons (Fsp3) is 0.522. The Balaban J connectivity index is 0.000000309. The van der Waals surface area contributed by atoms with Crippen LogP contribution in [0, 0.1) is 11.3 Å². The van der Waals surface area contributed by atoms with E-state index in [1.165, 1.54) is 53.3 Å². The Labute approximate surface area is 195 Å². The minimum Gasteiger partial charge on any atom is -0.322 e. The van der Waals surface area contributed by atoms with Gasteiger partial charge in [0.1, 0.15) is 5.84 Å². The Morgan fingerprint density at radius 2 is 1.88 bits per heavy atom. The number of urea groups is 1. The number of nitrogens with two attached hydrogens (primary N) is 2. The van der Waals surface area contributed by atoms with Gasteiger partial charge >= 0.3 is 6.03 Å². The number of nitrogens with zero attached hydrogens (tertiary/aromatic N) is 1. The van der Waals surface area contributed by atoms with E-state index in [2.05, 4.69) is 40.5 Å². The number of amides is 2. The number of benzene rings is 1. The molecule has 2 amide bonds. The van der Waals surface area contributed by atoms with Crippen molar-refractivity contribution in [2.75, 3.05) is 5.32 Å². The summed E-state index contributed by atoms with van der Waals surface area (Å²) in [6.07, 6.45) is 11.7. The molecule has 8 nitrogen and oxygen atoms in total. The van der Waals surface area contributed by atoms with Crippen molar-refractivity contribution in [3.8, 4) is 0 Å². The number of fused-ring (bicyclic) bond motifs is 2. The number of nitrogens with one attached hydrogen (secondary N) is 4. The quantitative estimate of drug-likeness (QED) is 0.119. The van der Waals surface area contributed by atoms with Gasteiger partial charge in [-0.25, -0.2) is 10.6 Å². The number of amidine groups is 1. The van der Waals surface area contributed by atoms with E-state index >= 15 is 0 Å². The summed E-state index contributed by atoms with van der Waals surface area (Å²) in [4.78, 5) is 12.9. The monoisotopic (exact) mass is 459 g/mol. The van der Waals surface area contributed by atoms with E-state index in [9.17, 15) is 4.79 Å². The lowest BCUT2D eigenvalue weighted by atomic mass is 9.99. The molecule has 0 spiro atoms. The van der Waals surface area contributed by atoms with Crippen molar-refractivity contribution in [3.63, 3.8) is 0 Å². The highest BCUT2D eigenvalue weighted by molar-refractivity contribution is 8.02. The van der Waals surface area contributed by atoms with Gasteiger partial charge in [0.15, 0.2) is 0 Å². The Hall–Kier alpha value is -2.52. The molecule has 9 heteroatoms. The summed E-state index contributed by atoms with van der Waals surface area (Å²) < 4.78 is 2.76. The van der Waals surface area contributed by atoms with Crippen LogP contribution >= 0.6 is 11.9 Å². The number of carbonyl (C=O) groups is 1. The first kappa shape index (κ1) is 25.7. The molecule has 0 unspecified atom stereocenters. The van der Waals surface area contributed by atoms with Gasteiger partial charge in [0.2, 0.25) is 0 Å². The van der Waals surface area contributed by atoms with Crippen molar-refractivity contribution in [3.05, 3.63) is 39.3 Å². The maximum atomic E-state index is 12.2. The van der Waals surface area contributed by atoms with Crippen LogP contribution in [-0.2, 0) is 25.7 Å². The molecule has 2 aliphatic carbocycles. The third-order valence-electron chi connectivity index (χ3n) is 5.96. The Kier molecular flexibility index (Phi) is 10.6. The average molecular weight is 460 g/mol. The molecular formula is C23H37N7OS. The number of carbonyl (C=O) groups excluding carboxylic acids is 1. The molecule has 0 aliphatic heterocycles. The Bertz CT molecular complexity index is 834. The molecule has 0 saturated heterocycles. The third kappa shape index (κ3) is 7.00. The number of hydrogen-bond donors (Lipinski definition) is 6. The summed E-state index contributed by atoms with van der Waals surface area (Å²) in [5.41, 5.74) is 8.99. The van der Waals surface area contributed by atoms with Gasteiger partial charge in [-0.05, 0) is 85.6 Å². The maximum Gasteiger partial charge on any atom is 0.329 e. The zero-order valence-corrected chi connectivity index (χ0v) is 20.2. The summed E-state index contributed by atoms with van der Waals surface area (Å²) in [7, 11) is 0. The van der Waals surface area contributed by atoms with Gasteiger partial charge in [-0.15, -0.1) is 0 Å². The molecule has 8 N–H and O–H groups in total. The van der Waals surface area contributed by atoms with Crippen LogP contribution in [0.15, 0.2) is 22.1 Å². The number of aryl methyl sites for hydroxylation is 2. The normalized spacial score (nSPS) is 15.8. The molecular weight excluding hydrogens is 422 g/mol. The minimum atomic E-state index is -0.208. The van der Waals surface area contributed by atoms with E-state index < -0.39 is 0 Å². The smallest absolute Gasteiger partial charge is 0.322 e. The van der Waals surface area contributed by atoms with Crippen LogP contribution in [0.3, 0.4) is 0 Å². The van der Waals surface area contributed by atoms with Crippen LogP contribution in [0.4, 0.5) is 10.5 Å². The molecule has 0 saturated carbocycles. The zero-order valence-electron chi connectivity index (χ0n) is 19.4. The molecule has 1 aromatic carbocycles. The fourth-order valence-corrected chi connectivity index (χ4v) is 4.44. The van der Waals surface area contributed by atoms with Crippen LogP contribution in [-0.4, -0.2) is 18.1 Å². The Morgan fingerprint density at radius 1 is 1.25 bits per heavy atom. The minimum absolute atomic E-state index is 0.208. The van der Waals surface area contributed by atoms with Crippen LogP contribution in [0.25, 0.3) is 0 Å². The van der Waals surface area contributed by atoms with Gasteiger partial charge in [-0.3, -0.25) is 4.72 Å². The first-order valence-electron chi connectivity index (χ1n) is 11.3. The number of rotatable bonds is 7. The number of hydrazone groups is 1. The van der Waals surface area contributed by atoms with E-state index in [0.29, 0.717) is 11.8 Å². The SMILES string of the molecule is C/C=C(\C=N)SNC(=O)Nc1c2c(cc3c1CCC3)CCC2.CC[C@@H](C)C/C(=N/N)NN. The molecule has 176 valence electrons. The third-order valence-corrected chi connectivity index (χ3v) is 6.84. The number of hydrazine groups is 1. The predicted molar refractivity (Wildman–Crippen MR) is 136 cm³/mol. The van der Waals surface area contributed by atoms with E-state index in [0.717, 1.165) is 49.1 Å². The predicted octanol–water partition coefficient (Wildman–Crippen LogP) is 4.15.